The van der Waals surface area contributed by atoms with Crippen molar-refractivity contribution < 1.29 is 0 Å². The number of hydrogen-bond donors (Lipinski definition) is 1. The van der Waals surface area contributed by atoms with Crippen molar-refractivity contribution in [3.8, 4) is 5.69 Å². The van der Waals surface area contributed by atoms with Gasteiger partial charge in [-0.05, 0) is 59.9 Å². The second kappa shape index (κ2) is 6.55. The highest BCUT2D eigenvalue weighted by Crippen LogP contribution is 2.24. The van der Waals surface area contributed by atoms with Crippen LogP contribution in [0.4, 0.5) is 0 Å². The topological polar surface area (TPSA) is 29.9 Å². The molecule has 0 fully saturated rings. The van der Waals surface area contributed by atoms with Gasteiger partial charge in [-0.2, -0.15) is 0 Å². The van der Waals surface area contributed by atoms with Crippen LogP contribution in [0.3, 0.4) is 0 Å². The van der Waals surface area contributed by atoms with Crippen molar-refractivity contribution in [3.63, 3.8) is 0 Å². The predicted octanol–water partition coefficient (Wildman–Crippen LogP) is 4.00. The van der Waals surface area contributed by atoms with Crippen molar-refractivity contribution in [2.75, 3.05) is 6.54 Å². The van der Waals surface area contributed by atoms with E-state index in [1.165, 1.54) is 11.3 Å². The number of aromatic nitrogens is 2. The summed E-state index contributed by atoms with van der Waals surface area (Å²) in [5.74, 6) is 0.675. The first kappa shape index (κ1) is 15.3. The van der Waals surface area contributed by atoms with Crippen LogP contribution in [0.25, 0.3) is 5.69 Å². The minimum absolute atomic E-state index is 0.675. The Morgan fingerprint density at radius 2 is 2.05 bits per heavy atom. The van der Waals surface area contributed by atoms with Crippen LogP contribution in [0.1, 0.15) is 30.8 Å². The molecular formula is C16H22BrN3. The van der Waals surface area contributed by atoms with E-state index in [1.807, 2.05) is 13.3 Å². The maximum Gasteiger partial charge on any atom is 0.0997 e. The van der Waals surface area contributed by atoms with E-state index in [4.69, 9.17) is 0 Å². The lowest BCUT2D eigenvalue weighted by atomic mass is 10.2. The van der Waals surface area contributed by atoms with Gasteiger partial charge in [0.25, 0.3) is 0 Å². The summed E-state index contributed by atoms with van der Waals surface area (Å²) in [4.78, 5) is 4.35. The lowest BCUT2D eigenvalue weighted by Crippen LogP contribution is -2.18. The molecule has 1 aromatic heterocycles. The van der Waals surface area contributed by atoms with Gasteiger partial charge in [-0.25, -0.2) is 4.98 Å². The van der Waals surface area contributed by atoms with Crippen LogP contribution >= 0.6 is 15.9 Å². The van der Waals surface area contributed by atoms with Crippen LogP contribution in [-0.2, 0) is 6.54 Å². The van der Waals surface area contributed by atoms with Gasteiger partial charge in [0.15, 0.2) is 0 Å². The van der Waals surface area contributed by atoms with E-state index < -0.39 is 0 Å². The van der Waals surface area contributed by atoms with E-state index in [0.717, 1.165) is 28.9 Å². The highest BCUT2D eigenvalue weighted by atomic mass is 79.9. The summed E-state index contributed by atoms with van der Waals surface area (Å²) in [6.45, 7) is 10.5. The van der Waals surface area contributed by atoms with E-state index in [9.17, 15) is 0 Å². The summed E-state index contributed by atoms with van der Waals surface area (Å²) in [5.41, 5.74) is 4.67. The molecule has 1 aromatic carbocycles. The monoisotopic (exact) mass is 335 g/mol. The zero-order valence-corrected chi connectivity index (χ0v) is 14.2. The van der Waals surface area contributed by atoms with Crippen LogP contribution in [0.5, 0.6) is 0 Å². The third-order valence-electron chi connectivity index (χ3n) is 3.41. The normalized spacial score (nSPS) is 11.3. The molecule has 2 aromatic rings. The van der Waals surface area contributed by atoms with Crippen LogP contribution in [0.15, 0.2) is 29.0 Å². The van der Waals surface area contributed by atoms with Crippen molar-refractivity contribution in [1.82, 2.24) is 14.9 Å². The van der Waals surface area contributed by atoms with Gasteiger partial charge in [-0.3, -0.25) is 0 Å². The number of imidazole rings is 1. The summed E-state index contributed by atoms with van der Waals surface area (Å²) in [5, 5.41) is 3.46. The Bertz CT molecular complexity index is 587. The number of halogens is 1. The van der Waals surface area contributed by atoms with Gasteiger partial charge < -0.3 is 9.88 Å². The molecule has 0 radical (unpaired) electrons. The molecule has 0 atom stereocenters. The molecule has 0 amide bonds. The van der Waals surface area contributed by atoms with Gasteiger partial charge in [-0.15, -0.1) is 0 Å². The van der Waals surface area contributed by atoms with E-state index >= 15 is 0 Å². The van der Waals surface area contributed by atoms with E-state index in [2.05, 4.69) is 69.8 Å². The van der Waals surface area contributed by atoms with E-state index in [-0.39, 0.29) is 0 Å². The molecule has 1 heterocycles. The number of benzene rings is 1. The van der Waals surface area contributed by atoms with Gasteiger partial charge in [0.1, 0.15) is 0 Å². The molecule has 20 heavy (non-hydrogen) atoms. The lowest BCUT2D eigenvalue weighted by molar-refractivity contribution is 0.552. The summed E-state index contributed by atoms with van der Waals surface area (Å²) >= 11 is 3.67. The van der Waals surface area contributed by atoms with E-state index in [1.54, 1.807) is 0 Å². The molecule has 4 heteroatoms. The number of rotatable bonds is 5. The fourth-order valence-electron chi connectivity index (χ4n) is 2.10. The molecule has 0 saturated carbocycles. The fraction of sp³-hybridized carbons (Fsp3) is 0.438. The number of hydrogen-bond acceptors (Lipinski definition) is 2. The predicted molar refractivity (Wildman–Crippen MR) is 87.3 cm³/mol. The Morgan fingerprint density at radius 1 is 1.30 bits per heavy atom. The highest BCUT2D eigenvalue weighted by Gasteiger charge is 2.08. The minimum Gasteiger partial charge on any atom is -0.312 e. The largest absolute Gasteiger partial charge is 0.312 e. The highest BCUT2D eigenvalue weighted by molar-refractivity contribution is 9.10. The molecule has 108 valence electrons. The Morgan fingerprint density at radius 3 is 2.60 bits per heavy atom. The zero-order chi connectivity index (χ0) is 14.7. The quantitative estimate of drug-likeness (QED) is 0.894. The molecule has 0 aliphatic rings. The molecular weight excluding hydrogens is 314 g/mol. The van der Waals surface area contributed by atoms with Crippen LogP contribution in [0.2, 0.25) is 0 Å². The number of aryl methyl sites for hydroxylation is 1. The van der Waals surface area contributed by atoms with Crippen molar-refractivity contribution in [1.29, 1.82) is 0 Å². The molecule has 0 spiro atoms. The summed E-state index contributed by atoms with van der Waals surface area (Å²) in [7, 11) is 0. The van der Waals surface area contributed by atoms with Crippen LogP contribution in [-0.4, -0.2) is 16.1 Å². The van der Waals surface area contributed by atoms with Gasteiger partial charge in [0.2, 0.25) is 0 Å². The molecule has 3 nitrogen and oxygen atoms in total. The smallest absolute Gasteiger partial charge is 0.0997 e. The Balaban J connectivity index is 2.16. The maximum absolute atomic E-state index is 4.35. The summed E-state index contributed by atoms with van der Waals surface area (Å²) < 4.78 is 3.21. The number of nitrogens with zero attached hydrogens (tertiary/aromatic N) is 2. The van der Waals surface area contributed by atoms with Gasteiger partial charge >= 0.3 is 0 Å². The first-order valence-electron chi connectivity index (χ1n) is 6.99. The van der Waals surface area contributed by atoms with Gasteiger partial charge in [0.05, 0.1) is 17.7 Å². The molecule has 0 aliphatic heterocycles. The average molecular weight is 336 g/mol. The lowest BCUT2D eigenvalue weighted by Gasteiger charge is -2.11. The Labute approximate surface area is 129 Å². The molecule has 0 saturated heterocycles. The summed E-state index contributed by atoms with van der Waals surface area (Å²) in [6, 6.07) is 6.49. The van der Waals surface area contributed by atoms with Crippen molar-refractivity contribution in [2.45, 2.75) is 34.2 Å². The van der Waals surface area contributed by atoms with Gasteiger partial charge in [-0.1, -0.05) is 19.9 Å². The first-order valence-corrected chi connectivity index (χ1v) is 7.78. The fourth-order valence-corrected chi connectivity index (χ4v) is 2.72. The Hall–Kier alpha value is -1.13. The molecule has 2 rings (SSSR count). The Kier molecular flexibility index (Phi) is 5.00. The van der Waals surface area contributed by atoms with Crippen LogP contribution < -0.4 is 5.32 Å². The molecule has 0 unspecified atom stereocenters. The minimum atomic E-state index is 0.675. The maximum atomic E-state index is 4.35. The molecule has 0 bridgehead atoms. The third kappa shape index (κ3) is 3.49. The second-order valence-corrected chi connectivity index (χ2v) is 6.45. The van der Waals surface area contributed by atoms with Crippen molar-refractivity contribution in [3.05, 3.63) is 46.0 Å². The second-order valence-electron chi connectivity index (χ2n) is 5.60. The standard InChI is InChI=1S/C16H22BrN3/c1-11(2)8-18-9-14-5-6-16(15(17)7-14)20-10-19-12(3)13(20)4/h5-7,10-11,18H,8-9H2,1-4H3. The van der Waals surface area contributed by atoms with Gasteiger partial charge in [0, 0.05) is 16.7 Å². The molecule has 0 aliphatic carbocycles. The zero-order valence-electron chi connectivity index (χ0n) is 12.6. The SMILES string of the molecule is Cc1ncn(-c2ccc(CNCC(C)C)cc2Br)c1C. The van der Waals surface area contributed by atoms with Crippen molar-refractivity contribution in [2.24, 2.45) is 5.92 Å². The molecule has 1 N–H and O–H groups in total. The first-order chi connectivity index (χ1) is 9.49. The average Bonchev–Trinajstić information content (AvgIpc) is 2.70. The summed E-state index contributed by atoms with van der Waals surface area (Å²) in [6.07, 6.45) is 1.88. The van der Waals surface area contributed by atoms with Crippen LogP contribution in [0, 0.1) is 19.8 Å². The number of nitrogens with one attached hydrogen (secondary N) is 1. The van der Waals surface area contributed by atoms with Crippen molar-refractivity contribution >= 4 is 15.9 Å². The van der Waals surface area contributed by atoms with E-state index in [0.29, 0.717) is 5.92 Å². The third-order valence-corrected chi connectivity index (χ3v) is 4.04.